The molecule has 1 rings (SSSR count). The van der Waals surface area contributed by atoms with Crippen molar-refractivity contribution in [2.24, 2.45) is 23.5 Å². The van der Waals surface area contributed by atoms with Crippen LogP contribution in [-0.2, 0) is 65.6 Å². The molecule has 0 radical (unpaired) electrons. The van der Waals surface area contributed by atoms with Crippen LogP contribution in [0.2, 0.25) is 0 Å². The number of carbonyl (C=O) groups excluding carboxylic acids is 9. The van der Waals surface area contributed by atoms with E-state index in [1.165, 1.54) is 95.5 Å². The number of amides is 9. The van der Waals surface area contributed by atoms with Crippen molar-refractivity contribution in [2.75, 3.05) is 19.8 Å². The normalized spacial score (nSPS) is 13.4. The third-order valence-corrected chi connectivity index (χ3v) is 17.1. The van der Waals surface area contributed by atoms with E-state index in [2.05, 4.69) is 68.5 Å². The Morgan fingerprint density at radius 1 is 0.404 bits per heavy atom. The molecule has 0 heterocycles. The molecule has 0 aromatic heterocycles. The molecule has 14 N–H and O–H groups in total. The van der Waals surface area contributed by atoms with Gasteiger partial charge in [0.15, 0.2) is 0 Å². The van der Waals surface area contributed by atoms with Crippen molar-refractivity contribution in [1.82, 2.24) is 42.5 Å². The molecule has 24 heteroatoms. The van der Waals surface area contributed by atoms with E-state index in [9.17, 15) is 68.1 Å². The summed E-state index contributed by atoms with van der Waals surface area (Å²) in [6.45, 7) is 13.3. The van der Waals surface area contributed by atoms with E-state index in [0.717, 1.165) is 44.1 Å². The third kappa shape index (κ3) is 38.0. The summed E-state index contributed by atoms with van der Waals surface area (Å²) in [7, 11) is 0. The summed E-state index contributed by atoms with van der Waals surface area (Å²) in [4.78, 5) is 145. The van der Waals surface area contributed by atoms with Crippen molar-refractivity contribution in [3.05, 3.63) is 35.4 Å². The molecule has 94 heavy (non-hydrogen) atoms. The molecule has 0 saturated heterocycles. The molecule has 6 atom stereocenters. The highest BCUT2D eigenvalue weighted by Crippen LogP contribution is 2.19. The highest BCUT2D eigenvalue weighted by atomic mass is 16.4. The van der Waals surface area contributed by atoms with Gasteiger partial charge in [-0.25, -0.2) is 0 Å². The minimum atomic E-state index is -1.57. The molecule has 536 valence electrons. The van der Waals surface area contributed by atoms with Gasteiger partial charge in [-0.05, 0) is 93.1 Å². The van der Waals surface area contributed by atoms with Gasteiger partial charge in [-0.1, -0.05) is 189 Å². The van der Waals surface area contributed by atoms with Crippen molar-refractivity contribution >= 4 is 65.1 Å². The maximum absolute atomic E-state index is 14.4. The van der Waals surface area contributed by atoms with Crippen LogP contribution in [0.5, 0.6) is 0 Å². The van der Waals surface area contributed by atoms with E-state index in [1.807, 2.05) is 12.1 Å². The zero-order valence-electron chi connectivity index (χ0n) is 58.1. The number of carboxylic acid groups (broad SMARTS) is 2. The van der Waals surface area contributed by atoms with Gasteiger partial charge < -0.3 is 68.7 Å². The molecule has 0 fully saturated rings. The number of carbonyl (C=O) groups is 11. The number of hydrogen-bond acceptors (Lipinski definition) is 13. The number of rotatable bonds is 56. The lowest BCUT2D eigenvalue weighted by Gasteiger charge is -2.31. The highest BCUT2D eigenvalue weighted by Gasteiger charge is 2.37. The first-order chi connectivity index (χ1) is 44.7. The van der Waals surface area contributed by atoms with Gasteiger partial charge in [-0.15, -0.1) is 0 Å². The summed E-state index contributed by atoms with van der Waals surface area (Å²) in [5.41, 5.74) is 6.19. The summed E-state index contributed by atoms with van der Waals surface area (Å²) >= 11 is 0. The summed E-state index contributed by atoms with van der Waals surface area (Å²) in [6, 6.07) is -0.0967. The quantitative estimate of drug-likeness (QED) is 0.0292. The second-order valence-corrected chi connectivity index (χ2v) is 26.5. The van der Waals surface area contributed by atoms with Crippen molar-refractivity contribution in [2.45, 2.75) is 303 Å². The number of benzene rings is 1. The Bertz CT molecular complexity index is 2420. The van der Waals surface area contributed by atoms with E-state index >= 15 is 0 Å². The van der Waals surface area contributed by atoms with Gasteiger partial charge >= 0.3 is 11.9 Å². The Hall–Kier alpha value is -6.69. The van der Waals surface area contributed by atoms with E-state index in [1.54, 1.807) is 41.5 Å². The molecular weight excluding hydrogens is 1210 g/mol. The van der Waals surface area contributed by atoms with Crippen LogP contribution in [0.25, 0.3) is 0 Å². The number of hydrogen-bond donors (Lipinski definition) is 13. The van der Waals surface area contributed by atoms with Crippen LogP contribution in [-0.4, -0.2) is 147 Å². The fourth-order valence-corrected chi connectivity index (χ4v) is 10.9. The van der Waals surface area contributed by atoms with Gasteiger partial charge in [-0.3, -0.25) is 52.7 Å². The molecule has 24 nitrogen and oxygen atoms in total. The monoisotopic (exact) mass is 1330 g/mol. The lowest BCUT2D eigenvalue weighted by Crippen LogP contribution is -2.62. The maximum atomic E-state index is 14.4. The van der Waals surface area contributed by atoms with Crippen LogP contribution < -0.4 is 48.3 Å². The zero-order valence-corrected chi connectivity index (χ0v) is 58.1. The molecule has 0 aliphatic carbocycles. The van der Waals surface area contributed by atoms with E-state index < -0.39 is 151 Å². The van der Waals surface area contributed by atoms with E-state index in [-0.39, 0.29) is 38.0 Å². The molecule has 1 aromatic carbocycles. The average Bonchev–Trinajstić information content (AvgIpc) is 0.958. The number of carboxylic acids is 2. The fraction of sp³-hybridized carbons (Fsp3) is 0.757. The zero-order chi connectivity index (χ0) is 70.4. The number of unbranched alkanes of at least 4 members (excludes halogenated alkanes) is 18. The molecule has 0 spiro atoms. The van der Waals surface area contributed by atoms with Gasteiger partial charge in [0.25, 0.3) is 0 Å². The Morgan fingerprint density at radius 3 is 1.23 bits per heavy atom. The topological polar surface area (TPSA) is 391 Å². The molecular formula is C70H121N9O15. The smallest absolute Gasteiger partial charge is 0.303 e. The molecule has 1 aromatic rings. The van der Waals surface area contributed by atoms with Crippen molar-refractivity contribution in [3.63, 3.8) is 0 Å². The predicted molar refractivity (Wildman–Crippen MR) is 362 cm³/mol. The Labute approximate surface area is 559 Å². The second-order valence-electron chi connectivity index (χ2n) is 26.5. The number of nitrogens with two attached hydrogens (primary N) is 1. The van der Waals surface area contributed by atoms with Gasteiger partial charge in [0.1, 0.15) is 36.3 Å². The predicted octanol–water partition coefficient (Wildman–Crippen LogP) is 7.00. The Morgan fingerprint density at radius 2 is 0.787 bits per heavy atom. The number of nitrogens with one attached hydrogen (secondary N) is 8. The summed E-state index contributed by atoms with van der Waals surface area (Å²) in [6.07, 6.45) is 22.8. The Kier molecular flexibility index (Phi) is 45.2. The van der Waals surface area contributed by atoms with Crippen molar-refractivity contribution in [3.8, 4) is 0 Å². The standard InChI is InChI=1S/C70H121N9O15/c1-9-11-13-15-17-18-19-20-21-22-23-25-27-32-56(82)72-45-29-28-31-54(73-57(83)39-40-58(84)79-70(46-80,47-81)44-43-52-35-33-51(34-36-52)30-26-24-16-14-12-10-2)66(91)76-62(49(5)6)68(93)78-63(50(7)8)69(94)77-61(48(3)4)67(92)75-55(38-42-60(87)88)65(90)74-53(64(71)89)37-41-59(85)86/h33-36,48-50,53-55,61-63,80-81H,9-32,37-47H2,1-8H3,(H2,71,89)(H,72,82)(H,73,83)(H,74,90)(H,75,92)(H,76,91)(H,77,94)(H,78,93)(H,79,84)(H,85,86)(H,87,88)/t53-,54-,55-,61-,62-,63?/m0/s1. The molecule has 0 aliphatic rings. The van der Waals surface area contributed by atoms with E-state index in [4.69, 9.17) is 10.8 Å². The van der Waals surface area contributed by atoms with Gasteiger partial charge in [0.2, 0.25) is 53.2 Å². The maximum Gasteiger partial charge on any atom is 0.303 e. The summed E-state index contributed by atoms with van der Waals surface area (Å²) in [5, 5.41) is 60.6. The number of aryl methyl sites for hydroxylation is 2. The number of aliphatic carboxylic acids is 2. The molecule has 1 unspecified atom stereocenters. The minimum Gasteiger partial charge on any atom is -0.481 e. The van der Waals surface area contributed by atoms with Crippen LogP contribution in [0.3, 0.4) is 0 Å². The van der Waals surface area contributed by atoms with Crippen molar-refractivity contribution < 1.29 is 73.2 Å². The second kappa shape index (κ2) is 49.8. The molecule has 0 bridgehead atoms. The van der Waals surface area contributed by atoms with Crippen LogP contribution in [0.15, 0.2) is 24.3 Å². The van der Waals surface area contributed by atoms with Gasteiger partial charge in [0, 0.05) is 38.6 Å². The largest absolute Gasteiger partial charge is 0.481 e. The van der Waals surface area contributed by atoms with Gasteiger partial charge in [0.05, 0.1) is 18.8 Å². The average molecular weight is 1330 g/mol. The molecule has 0 aliphatic heterocycles. The highest BCUT2D eigenvalue weighted by molar-refractivity contribution is 5.97. The van der Waals surface area contributed by atoms with Crippen LogP contribution >= 0.6 is 0 Å². The summed E-state index contributed by atoms with van der Waals surface area (Å²) < 4.78 is 0. The van der Waals surface area contributed by atoms with Crippen LogP contribution in [0, 0.1) is 17.8 Å². The van der Waals surface area contributed by atoms with Crippen molar-refractivity contribution in [1.29, 1.82) is 0 Å². The first-order valence-electron chi connectivity index (χ1n) is 35.1. The van der Waals surface area contributed by atoms with Gasteiger partial charge in [-0.2, -0.15) is 0 Å². The molecule has 9 amide bonds. The first-order valence-corrected chi connectivity index (χ1v) is 35.1. The third-order valence-electron chi connectivity index (χ3n) is 17.1. The number of aliphatic hydroxyl groups excluding tert-OH is 2. The molecule has 0 saturated carbocycles. The summed E-state index contributed by atoms with van der Waals surface area (Å²) in [5.74, 6) is -11.2. The number of aliphatic hydroxyl groups is 2. The SMILES string of the molecule is CCCCCCCCCCCCCCCC(=O)NCCCC[C@H](NC(=O)CCC(=O)NC(CO)(CO)CCc1ccc(CCCCCCCC)cc1)C(=O)N[C@H](C(=O)NC(C(=O)N[C@H](C(=O)N[C@@H](CCC(=O)O)C(=O)N[C@@H](CCC(=O)O)C(N)=O)C(C)C)C(C)C)C(C)C. The van der Waals surface area contributed by atoms with Crippen LogP contribution in [0.4, 0.5) is 0 Å². The fourth-order valence-electron chi connectivity index (χ4n) is 10.9. The lowest BCUT2D eigenvalue weighted by molar-refractivity contribution is -0.140. The Balaban J connectivity index is 3.23. The number of primary amides is 1. The van der Waals surface area contributed by atoms with Crippen LogP contribution in [0.1, 0.15) is 259 Å². The first kappa shape index (κ1) is 85.3. The van der Waals surface area contributed by atoms with E-state index in [0.29, 0.717) is 32.2 Å². The minimum absolute atomic E-state index is 0.0635. The lowest BCUT2D eigenvalue weighted by atomic mass is 9.91.